The van der Waals surface area contributed by atoms with Gasteiger partial charge in [0.15, 0.2) is 0 Å². The molecule has 1 aromatic carbocycles. The second kappa shape index (κ2) is 5.00. The molecular formula is C13H11F2NO2. The van der Waals surface area contributed by atoms with Crippen molar-refractivity contribution in [1.29, 1.82) is 0 Å². The molecule has 3 nitrogen and oxygen atoms in total. The lowest BCUT2D eigenvalue weighted by molar-refractivity contribution is 0.0521. The number of hydrogen-bond acceptors (Lipinski definition) is 2. The maximum Gasteiger partial charge on any atom is 0.355 e. The molecule has 2 aromatic rings. The van der Waals surface area contributed by atoms with Gasteiger partial charge in [0, 0.05) is 17.3 Å². The van der Waals surface area contributed by atoms with E-state index in [4.69, 9.17) is 4.74 Å². The van der Waals surface area contributed by atoms with Crippen molar-refractivity contribution in [2.24, 2.45) is 0 Å². The number of carbonyl (C=O) groups excluding carboxylic acids is 1. The highest BCUT2D eigenvalue weighted by Gasteiger charge is 2.18. The molecule has 0 saturated heterocycles. The fourth-order valence-corrected chi connectivity index (χ4v) is 1.67. The van der Waals surface area contributed by atoms with Crippen molar-refractivity contribution < 1.29 is 18.3 Å². The average molecular weight is 251 g/mol. The second-order valence-electron chi connectivity index (χ2n) is 3.61. The van der Waals surface area contributed by atoms with Gasteiger partial charge in [-0.25, -0.2) is 13.6 Å². The van der Waals surface area contributed by atoms with E-state index in [1.807, 2.05) is 0 Å². The smallest absolute Gasteiger partial charge is 0.355 e. The van der Waals surface area contributed by atoms with Crippen molar-refractivity contribution in [3.63, 3.8) is 0 Å². The Morgan fingerprint density at radius 3 is 2.78 bits per heavy atom. The van der Waals surface area contributed by atoms with Gasteiger partial charge in [0.2, 0.25) is 0 Å². The number of benzene rings is 1. The van der Waals surface area contributed by atoms with Crippen LogP contribution in [0.5, 0.6) is 0 Å². The average Bonchev–Trinajstić information content (AvgIpc) is 2.81. The number of halogens is 2. The zero-order valence-corrected chi connectivity index (χ0v) is 9.67. The summed E-state index contributed by atoms with van der Waals surface area (Å²) < 4.78 is 31.6. The van der Waals surface area contributed by atoms with Crippen molar-refractivity contribution in [3.05, 3.63) is 47.8 Å². The molecule has 0 aliphatic rings. The predicted molar refractivity (Wildman–Crippen MR) is 62.1 cm³/mol. The molecule has 18 heavy (non-hydrogen) atoms. The number of ether oxygens (including phenoxy) is 1. The Bertz CT molecular complexity index is 578. The SMILES string of the molecule is CCOC(=O)c1[nH]ccc1-c1cc(F)ccc1F. The maximum atomic E-state index is 13.6. The first-order valence-corrected chi connectivity index (χ1v) is 5.43. The van der Waals surface area contributed by atoms with Gasteiger partial charge in [-0.1, -0.05) is 0 Å². The number of aromatic amines is 1. The summed E-state index contributed by atoms with van der Waals surface area (Å²) in [6.45, 7) is 1.88. The summed E-state index contributed by atoms with van der Waals surface area (Å²) in [6.07, 6.45) is 1.48. The van der Waals surface area contributed by atoms with Gasteiger partial charge in [-0.2, -0.15) is 0 Å². The zero-order chi connectivity index (χ0) is 13.1. The van der Waals surface area contributed by atoms with Crippen LogP contribution < -0.4 is 0 Å². The van der Waals surface area contributed by atoms with Crippen LogP contribution in [-0.4, -0.2) is 17.6 Å². The van der Waals surface area contributed by atoms with E-state index < -0.39 is 17.6 Å². The minimum absolute atomic E-state index is 0.0271. The molecule has 5 heteroatoms. The molecule has 0 aliphatic heterocycles. The van der Waals surface area contributed by atoms with Gasteiger partial charge in [-0.3, -0.25) is 0 Å². The minimum atomic E-state index is -0.596. The predicted octanol–water partition coefficient (Wildman–Crippen LogP) is 3.14. The number of rotatable bonds is 3. The van der Waals surface area contributed by atoms with E-state index in [0.29, 0.717) is 0 Å². The summed E-state index contributed by atoms with van der Waals surface area (Å²) in [4.78, 5) is 14.3. The van der Waals surface area contributed by atoms with E-state index >= 15 is 0 Å². The van der Waals surface area contributed by atoms with Crippen LogP contribution in [0.1, 0.15) is 17.4 Å². The Kier molecular flexibility index (Phi) is 3.41. The van der Waals surface area contributed by atoms with Crippen molar-refractivity contribution >= 4 is 5.97 Å². The molecule has 0 fully saturated rings. The van der Waals surface area contributed by atoms with Crippen LogP contribution in [0.15, 0.2) is 30.5 Å². The first kappa shape index (κ1) is 12.3. The summed E-state index contributed by atoms with van der Waals surface area (Å²) in [6, 6.07) is 4.59. The third kappa shape index (κ3) is 2.25. The van der Waals surface area contributed by atoms with Crippen molar-refractivity contribution in [3.8, 4) is 11.1 Å². The molecule has 0 amide bonds. The fourth-order valence-electron chi connectivity index (χ4n) is 1.67. The third-order valence-electron chi connectivity index (χ3n) is 2.45. The van der Waals surface area contributed by atoms with Crippen molar-refractivity contribution in [2.45, 2.75) is 6.92 Å². The summed E-state index contributed by atoms with van der Waals surface area (Å²) in [5, 5.41) is 0. The van der Waals surface area contributed by atoms with Crippen LogP contribution in [0, 0.1) is 11.6 Å². The lowest BCUT2D eigenvalue weighted by Crippen LogP contribution is -2.06. The van der Waals surface area contributed by atoms with Crippen LogP contribution in [-0.2, 0) is 4.74 Å². The van der Waals surface area contributed by atoms with E-state index in [1.54, 1.807) is 6.92 Å². The highest BCUT2D eigenvalue weighted by molar-refractivity contribution is 5.95. The molecule has 2 rings (SSSR count). The van der Waals surface area contributed by atoms with Gasteiger partial charge in [0.25, 0.3) is 0 Å². The van der Waals surface area contributed by atoms with Crippen molar-refractivity contribution in [2.75, 3.05) is 6.61 Å². The third-order valence-corrected chi connectivity index (χ3v) is 2.45. The van der Waals surface area contributed by atoms with Crippen LogP contribution in [0.3, 0.4) is 0 Å². The highest BCUT2D eigenvalue weighted by atomic mass is 19.1. The molecule has 0 spiro atoms. The molecule has 0 atom stereocenters. The summed E-state index contributed by atoms with van der Waals surface area (Å²) >= 11 is 0. The van der Waals surface area contributed by atoms with Crippen LogP contribution in [0.2, 0.25) is 0 Å². The Morgan fingerprint density at radius 2 is 2.06 bits per heavy atom. The van der Waals surface area contributed by atoms with Gasteiger partial charge in [-0.15, -0.1) is 0 Å². The molecule has 94 valence electrons. The number of hydrogen-bond donors (Lipinski definition) is 1. The molecule has 0 saturated carbocycles. The zero-order valence-electron chi connectivity index (χ0n) is 9.67. The van der Waals surface area contributed by atoms with Gasteiger partial charge >= 0.3 is 5.97 Å². The Labute approximate surface area is 102 Å². The van der Waals surface area contributed by atoms with E-state index in [1.165, 1.54) is 12.3 Å². The maximum absolute atomic E-state index is 13.6. The van der Waals surface area contributed by atoms with E-state index in [2.05, 4.69) is 4.98 Å². The highest BCUT2D eigenvalue weighted by Crippen LogP contribution is 2.27. The molecule has 0 unspecified atom stereocenters. The van der Waals surface area contributed by atoms with Gasteiger partial charge in [0.1, 0.15) is 17.3 Å². The van der Waals surface area contributed by atoms with E-state index in [-0.39, 0.29) is 23.4 Å². The first-order valence-electron chi connectivity index (χ1n) is 5.43. The summed E-state index contributed by atoms with van der Waals surface area (Å²) in [5.74, 6) is -1.76. The van der Waals surface area contributed by atoms with Crippen molar-refractivity contribution in [1.82, 2.24) is 4.98 Å². The van der Waals surface area contributed by atoms with E-state index in [0.717, 1.165) is 18.2 Å². The lowest BCUT2D eigenvalue weighted by Gasteiger charge is -2.05. The van der Waals surface area contributed by atoms with E-state index in [9.17, 15) is 13.6 Å². The second-order valence-corrected chi connectivity index (χ2v) is 3.61. The van der Waals surface area contributed by atoms with Crippen LogP contribution in [0.25, 0.3) is 11.1 Å². The standard InChI is InChI=1S/C13H11F2NO2/c1-2-18-13(17)12-9(5-6-16-12)10-7-8(14)3-4-11(10)15/h3-7,16H,2H2,1H3. The number of nitrogens with one attached hydrogen (secondary N) is 1. The molecule has 1 heterocycles. The molecule has 1 aromatic heterocycles. The molecule has 1 N–H and O–H groups in total. The number of H-pyrrole nitrogens is 1. The van der Waals surface area contributed by atoms with Crippen LogP contribution in [0.4, 0.5) is 8.78 Å². The lowest BCUT2D eigenvalue weighted by atomic mass is 10.1. The Hall–Kier alpha value is -2.17. The fraction of sp³-hybridized carbons (Fsp3) is 0.154. The Balaban J connectivity index is 2.48. The number of esters is 1. The molecule has 0 bridgehead atoms. The minimum Gasteiger partial charge on any atom is -0.461 e. The Morgan fingerprint density at radius 1 is 1.28 bits per heavy atom. The van der Waals surface area contributed by atoms with Gasteiger partial charge in [-0.05, 0) is 31.2 Å². The number of carbonyl (C=O) groups is 1. The van der Waals surface area contributed by atoms with Gasteiger partial charge in [0.05, 0.1) is 6.61 Å². The summed E-state index contributed by atoms with van der Waals surface area (Å²) in [7, 11) is 0. The number of aromatic nitrogens is 1. The molecule has 0 radical (unpaired) electrons. The topological polar surface area (TPSA) is 42.1 Å². The monoisotopic (exact) mass is 251 g/mol. The molecule has 0 aliphatic carbocycles. The normalized spacial score (nSPS) is 10.4. The quantitative estimate of drug-likeness (QED) is 0.851. The largest absolute Gasteiger partial charge is 0.461 e. The van der Waals surface area contributed by atoms with Crippen LogP contribution >= 0.6 is 0 Å². The van der Waals surface area contributed by atoms with Gasteiger partial charge < -0.3 is 9.72 Å². The first-order chi connectivity index (χ1) is 8.63. The summed E-state index contributed by atoms with van der Waals surface area (Å²) in [5.41, 5.74) is 0.422. The molecular weight excluding hydrogens is 240 g/mol.